The maximum Gasteiger partial charge on any atom is 0.223 e. The number of carbonyl (C=O) groups is 1. The van der Waals surface area contributed by atoms with Gasteiger partial charge in [0.15, 0.2) is 0 Å². The normalized spacial score (nSPS) is 19.6. The molecule has 1 amide bonds. The van der Waals surface area contributed by atoms with Crippen LogP contribution in [0.1, 0.15) is 80.7 Å². The second-order valence-corrected chi connectivity index (χ2v) is 10.2. The maximum absolute atomic E-state index is 13.2. The Bertz CT molecular complexity index is 1100. The number of nitrogens with zero attached hydrogens (tertiary/aromatic N) is 3. The van der Waals surface area contributed by atoms with Gasteiger partial charge in [0.25, 0.3) is 0 Å². The van der Waals surface area contributed by atoms with Crippen LogP contribution in [0, 0.1) is 0 Å². The molecule has 1 aromatic carbocycles. The second-order valence-electron chi connectivity index (χ2n) is 10.2. The summed E-state index contributed by atoms with van der Waals surface area (Å²) in [4.78, 5) is 20.1. The topological polar surface area (TPSA) is 50.2 Å². The zero-order valence-corrected chi connectivity index (χ0v) is 20.5. The molecule has 34 heavy (non-hydrogen) atoms. The summed E-state index contributed by atoms with van der Waals surface area (Å²) in [5.74, 6) is 0.247. The lowest BCUT2D eigenvalue weighted by Gasteiger charge is -2.24. The monoisotopic (exact) mass is 458 g/mol. The van der Waals surface area contributed by atoms with E-state index in [1.165, 1.54) is 60.6 Å². The Hall–Kier alpha value is -2.66. The first-order valence-corrected chi connectivity index (χ1v) is 13.2. The van der Waals surface area contributed by atoms with Crippen LogP contribution in [0.3, 0.4) is 0 Å². The molecule has 2 aromatic heterocycles. The van der Waals surface area contributed by atoms with Crippen LogP contribution in [-0.4, -0.2) is 32.9 Å². The highest BCUT2D eigenvalue weighted by atomic mass is 16.2. The minimum Gasteiger partial charge on any atom is -0.350 e. The molecule has 0 unspecified atom stereocenters. The van der Waals surface area contributed by atoms with E-state index in [1.54, 1.807) is 0 Å². The Morgan fingerprint density at radius 1 is 1.03 bits per heavy atom. The standard InChI is InChI=1S/C29H38N4O/c1-32-21-23(25-11-6-7-12-27(25)32)15-17-29(34)33-18-8-13-28(33)26-16-14-22(20-31-26)19-30-24-9-4-2-3-5-10-24/h6-7,11-12,14,16,20-21,24,28,30H,2-5,8-10,13,15,17-19H2,1H3/t28-/m0/s1. The highest BCUT2D eigenvalue weighted by Crippen LogP contribution is 2.32. The lowest BCUT2D eigenvalue weighted by Crippen LogP contribution is -2.31. The Morgan fingerprint density at radius 3 is 2.65 bits per heavy atom. The third kappa shape index (κ3) is 5.20. The van der Waals surface area contributed by atoms with Gasteiger partial charge in [0, 0.05) is 55.9 Å². The van der Waals surface area contributed by atoms with Gasteiger partial charge in [-0.3, -0.25) is 9.78 Å². The number of aryl methyl sites for hydroxylation is 2. The van der Waals surface area contributed by atoms with Crippen molar-refractivity contribution in [2.75, 3.05) is 6.54 Å². The molecule has 180 valence electrons. The molecule has 5 heteroatoms. The number of benzene rings is 1. The molecule has 1 saturated heterocycles. The second kappa shape index (κ2) is 10.7. The van der Waals surface area contributed by atoms with E-state index in [2.05, 4.69) is 64.4 Å². The molecule has 0 bridgehead atoms. The highest BCUT2D eigenvalue weighted by molar-refractivity contribution is 5.85. The van der Waals surface area contributed by atoms with Crippen molar-refractivity contribution in [1.82, 2.24) is 19.8 Å². The number of rotatable bonds is 7. The van der Waals surface area contributed by atoms with Gasteiger partial charge < -0.3 is 14.8 Å². The van der Waals surface area contributed by atoms with Gasteiger partial charge in [-0.15, -0.1) is 0 Å². The summed E-state index contributed by atoms with van der Waals surface area (Å²) in [5.41, 5.74) is 4.75. The Morgan fingerprint density at radius 2 is 1.85 bits per heavy atom. The molecular weight excluding hydrogens is 420 g/mol. The summed E-state index contributed by atoms with van der Waals surface area (Å²) in [6.45, 7) is 1.72. The van der Waals surface area contributed by atoms with Gasteiger partial charge in [0.2, 0.25) is 5.91 Å². The fraction of sp³-hybridized carbons (Fsp3) is 0.517. The molecule has 0 spiro atoms. The fourth-order valence-electron chi connectivity index (χ4n) is 5.87. The van der Waals surface area contributed by atoms with Crippen molar-refractivity contribution >= 4 is 16.8 Å². The zero-order valence-electron chi connectivity index (χ0n) is 20.5. The van der Waals surface area contributed by atoms with Gasteiger partial charge in [0.1, 0.15) is 0 Å². The molecule has 1 aliphatic carbocycles. The van der Waals surface area contributed by atoms with E-state index in [-0.39, 0.29) is 11.9 Å². The molecule has 1 N–H and O–H groups in total. The van der Waals surface area contributed by atoms with Gasteiger partial charge in [-0.05, 0) is 55.4 Å². The van der Waals surface area contributed by atoms with E-state index in [4.69, 9.17) is 4.98 Å². The van der Waals surface area contributed by atoms with E-state index in [9.17, 15) is 4.79 Å². The highest BCUT2D eigenvalue weighted by Gasteiger charge is 2.30. The summed E-state index contributed by atoms with van der Waals surface area (Å²) < 4.78 is 2.16. The molecule has 5 nitrogen and oxygen atoms in total. The zero-order chi connectivity index (χ0) is 23.3. The summed E-state index contributed by atoms with van der Waals surface area (Å²) >= 11 is 0. The third-order valence-electron chi connectivity index (χ3n) is 7.80. The summed E-state index contributed by atoms with van der Waals surface area (Å²) in [6.07, 6.45) is 15.6. The Balaban J connectivity index is 1.18. The third-order valence-corrected chi connectivity index (χ3v) is 7.80. The molecule has 1 saturated carbocycles. The van der Waals surface area contributed by atoms with Crippen molar-refractivity contribution in [3.63, 3.8) is 0 Å². The number of fused-ring (bicyclic) bond motifs is 1. The number of aromatic nitrogens is 2. The van der Waals surface area contributed by atoms with Gasteiger partial charge in [-0.25, -0.2) is 0 Å². The first-order chi connectivity index (χ1) is 16.7. The van der Waals surface area contributed by atoms with E-state index >= 15 is 0 Å². The predicted molar refractivity (Wildman–Crippen MR) is 137 cm³/mol. The molecule has 3 aromatic rings. The average Bonchev–Trinajstić information content (AvgIpc) is 3.38. The fourth-order valence-corrected chi connectivity index (χ4v) is 5.87. The number of nitrogens with one attached hydrogen (secondary N) is 1. The van der Waals surface area contributed by atoms with Crippen molar-refractivity contribution in [2.45, 2.75) is 82.8 Å². The van der Waals surface area contributed by atoms with E-state index in [0.717, 1.165) is 38.0 Å². The van der Waals surface area contributed by atoms with Crippen LogP contribution in [0.5, 0.6) is 0 Å². The minimum absolute atomic E-state index is 0.115. The van der Waals surface area contributed by atoms with Crippen LogP contribution in [0.4, 0.5) is 0 Å². The summed E-state index contributed by atoms with van der Waals surface area (Å²) in [7, 11) is 2.07. The molecule has 5 rings (SSSR count). The van der Waals surface area contributed by atoms with Crippen LogP contribution >= 0.6 is 0 Å². The number of likely N-dealkylation sites (tertiary alicyclic amines) is 1. The van der Waals surface area contributed by atoms with Crippen LogP contribution in [0.25, 0.3) is 10.9 Å². The lowest BCUT2D eigenvalue weighted by atomic mass is 10.1. The number of hydrogen-bond donors (Lipinski definition) is 1. The minimum atomic E-state index is 0.115. The van der Waals surface area contributed by atoms with Gasteiger partial charge in [-0.2, -0.15) is 0 Å². The predicted octanol–water partition coefficient (Wildman–Crippen LogP) is 5.68. The quantitative estimate of drug-likeness (QED) is 0.463. The van der Waals surface area contributed by atoms with Gasteiger partial charge >= 0.3 is 0 Å². The number of amides is 1. The number of carbonyl (C=O) groups excluding carboxylic acids is 1. The SMILES string of the molecule is Cn1cc(CCC(=O)N2CCC[C@H]2c2ccc(CNC3CCCCCC3)cn2)c2ccccc21. The van der Waals surface area contributed by atoms with Gasteiger partial charge in [0.05, 0.1) is 11.7 Å². The van der Waals surface area contributed by atoms with Gasteiger partial charge in [-0.1, -0.05) is 49.9 Å². The average molecular weight is 459 g/mol. The largest absolute Gasteiger partial charge is 0.350 e. The smallest absolute Gasteiger partial charge is 0.223 e. The van der Waals surface area contributed by atoms with Crippen LogP contribution < -0.4 is 5.32 Å². The molecule has 3 heterocycles. The Labute approximate surface area is 203 Å². The Kier molecular flexibility index (Phi) is 7.29. The molecule has 2 aliphatic rings. The number of para-hydroxylation sites is 1. The molecule has 0 radical (unpaired) electrons. The van der Waals surface area contributed by atoms with Crippen molar-refractivity contribution < 1.29 is 4.79 Å². The maximum atomic E-state index is 13.2. The van der Waals surface area contributed by atoms with Crippen LogP contribution in [0.2, 0.25) is 0 Å². The molecule has 2 fully saturated rings. The molecule has 1 atom stereocenters. The number of pyridine rings is 1. The molecule has 1 aliphatic heterocycles. The van der Waals surface area contributed by atoms with E-state index in [1.807, 2.05) is 6.20 Å². The number of hydrogen-bond acceptors (Lipinski definition) is 3. The van der Waals surface area contributed by atoms with Crippen molar-refractivity contribution in [1.29, 1.82) is 0 Å². The van der Waals surface area contributed by atoms with Crippen LogP contribution in [-0.2, 0) is 24.8 Å². The van der Waals surface area contributed by atoms with Crippen molar-refractivity contribution in [3.8, 4) is 0 Å². The molecular formula is C29H38N4O. The van der Waals surface area contributed by atoms with E-state index < -0.39 is 0 Å². The van der Waals surface area contributed by atoms with Crippen molar-refractivity contribution in [3.05, 3.63) is 65.6 Å². The van der Waals surface area contributed by atoms with Crippen molar-refractivity contribution in [2.24, 2.45) is 7.05 Å². The summed E-state index contributed by atoms with van der Waals surface area (Å²) in [6, 6.07) is 13.5. The first kappa shape index (κ1) is 23.1. The first-order valence-electron chi connectivity index (χ1n) is 13.2. The lowest BCUT2D eigenvalue weighted by molar-refractivity contribution is -0.132. The summed E-state index contributed by atoms with van der Waals surface area (Å²) in [5, 5.41) is 4.99. The van der Waals surface area contributed by atoms with Crippen LogP contribution in [0.15, 0.2) is 48.8 Å². The van der Waals surface area contributed by atoms with E-state index in [0.29, 0.717) is 12.5 Å².